The van der Waals surface area contributed by atoms with E-state index in [1.54, 1.807) is 13.2 Å². The molecule has 0 aliphatic rings. The Morgan fingerprint density at radius 3 is 2.46 bits per heavy atom. The number of fused-ring (bicyclic) bond motifs is 1. The lowest BCUT2D eigenvalue weighted by atomic mass is 10.0. The molecule has 5 nitrogen and oxygen atoms in total. The summed E-state index contributed by atoms with van der Waals surface area (Å²) in [7, 11) is 1.63. The van der Waals surface area contributed by atoms with Gasteiger partial charge in [-0.3, -0.25) is 4.79 Å². The molecule has 0 atom stereocenters. The van der Waals surface area contributed by atoms with Crippen LogP contribution in [0.15, 0.2) is 72.8 Å². The number of rotatable bonds is 4. The summed E-state index contributed by atoms with van der Waals surface area (Å²) >= 11 is 0. The van der Waals surface area contributed by atoms with E-state index in [1.165, 1.54) is 0 Å². The predicted octanol–water partition coefficient (Wildman–Crippen LogP) is 4.87. The third-order valence-electron chi connectivity index (χ3n) is 4.48. The second kappa shape index (κ2) is 7.48. The van der Waals surface area contributed by atoms with Crippen molar-refractivity contribution < 1.29 is 9.53 Å². The molecule has 0 saturated carbocycles. The first-order valence-electron chi connectivity index (χ1n) is 8.93. The van der Waals surface area contributed by atoms with Crippen LogP contribution in [0.4, 0.5) is 5.82 Å². The second-order valence-corrected chi connectivity index (χ2v) is 6.42. The van der Waals surface area contributed by atoms with Crippen LogP contribution in [0.3, 0.4) is 0 Å². The maximum Gasteiger partial charge on any atom is 0.257 e. The van der Waals surface area contributed by atoms with Gasteiger partial charge in [0.2, 0.25) is 0 Å². The van der Waals surface area contributed by atoms with Gasteiger partial charge in [0.1, 0.15) is 11.6 Å². The van der Waals surface area contributed by atoms with Crippen molar-refractivity contribution in [2.75, 3.05) is 12.4 Å². The Kier molecular flexibility index (Phi) is 4.72. The monoisotopic (exact) mass is 369 g/mol. The minimum Gasteiger partial charge on any atom is -0.497 e. The summed E-state index contributed by atoms with van der Waals surface area (Å²) in [6.07, 6.45) is 0. The molecule has 1 amide bonds. The number of hydrogen-bond donors (Lipinski definition) is 1. The molecule has 5 heteroatoms. The number of carbonyl (C=O) groups excluding carboxylic acids is 1. The number of amides is 1. The number of nitrogens with one attached hydrogen (secondary N) is 1. The molecule has 4 rings (SSSR count). The maximum atomic E-state index is 13.0. The number of ether oxygens (including phenoxy) is 1. The average molecular weight is 369 g/mol. The normalized spacial score (nSPS) is 10.6. The molecule has 2 aromatic carbocycles. The van der Waals surface area contributed by atoms with Gasteiger partial charge in [0, 0.05) is 16.6 Å². The highest BCUT2D eigenvalue weighted by molar-refractivity contribution is 6.12. The molecule has 0 aliphatic carbocycles. The summed E-state index contributed by atoms with van der Waals surface area (Å²) in [4.78, 5) is 22.1. The van der Waals surface area contributed by atoms with Gasteiger partial charge in [-0.1, -0.05) is 24.3 Å². The minimum absolute atomic E-state index is 0.216. The van der Waals surface area contributed by atoms with E-state index in [0.29, 0.717) is 11.4 Å². The highest BCUT2D eigenvalue weighted by atomic mass is 16.5. The number of anilines is 1. The lowest BCUT2D eigenvalue weighted by molar-refractivity contribution is 0.102. The largest absolute Gasteiger partial charge is 0.497 e. The highest BCUT2D eigenvalue weighted by Gasteiger charge is 2.14. The molecule has 0 unspecified atom stereocenters. The molecule has 4 aromatic rings. The minimum atomic E-state index is -0.216. The first-order chi connectivity index (χ1) is 13.6. The summed E-state index contributed by atoms with van der Waals surface area (Å²) in [5, 5.41) is 3.69. The summed E-state index contributed by atoms with van der Waals surface area (Å²) in [5.74, 6) is 1.08. The third kappa shape index (κ3) is 3.55. The van der Waals surface area contributed by atoms with Crippen molar-refractivity contribution in [1.82, 2.24) is 9.97 Å². The van der Waals surface area contributed by atoms with E-state index in [1.807, 2.05) is 73.7 Å². The van der Waals surface area contributed by atoms with Crippen LogP contribution in [0.25, 0.3) is 22.2 Å². The predicted molar refractivity (Wildman–Crippen MR) is 111 cm³/mol. The van der Waals surface area contributed by atoms with Crippen LogP contribution in [0.1, 0.15) is 16.1 Å². The van der Waals surface area contributed by atoms with Crippen LogP contribution in [-0.4, -0.2) is 23.0 Å². The number of benzene rings is 2. The van der Waals surface area contributed by atoms with Crippen LogP contribution in [0, 0.1) is 6.92 Å². The van der Waals surface area contributed by atoms with E-state index in [2.05, 4.69) is 10.3 Å². The molecule has 1 N–H and O–H groups in total. The number of hydrogen-bond acceptors (Lipinski definition) is 4. The number of para-hydroxylation sites is 1. The number of methoxy groups -OCH3 is 1. The average Bonchev–Trinajstić information content (AvgIpc) is 2.73. The maximum absolute atomic E-state index is 13.0. The Morgan fingerprint density at radius 2 is 1.71 bits per heavy atom. The van der Waals surface area contributed by atoms with Crippen LogP contribution in [0.5, 0.6) is 5.75 Å². The molecule has 28 heavy (non-hydrogen) atoms. The number of pyridine rings is 2. The molecule has 0 spiro atoms. The molecular formula is C23H19N3O2. The highest BCUT2D eigenvalue weighted by Crippen LogP contribution is 2.27. The van der Waals surface area contributed by atoms with E-state index in [0.717, 1.165) is 33.6 Å². The van der Waals surface area contributed by atoms with E-state index >= 15 is 0 Å². The number of aromatic nitrogens is 2. The van der Waals surface area contributed by atoms with Crippen molar-refractivity contribution in [2.24, 2.45) is 0 Å². The van der Waals surface area contributed by atoms with Crippen LogP contribution < -0.4 is 10.1 Å². The van der Waals surface area contributed by atoms with E-state index in [-0.39, 0.29) is 5.91 Å². The lowest BCUT2D eigenvalue weighted by Gasteiger charge is -2.11. The quantitative estimate of drug-likeness (QED) is 0.558. The Hall–Kier alpha value is -3.73. The standard InChI is InChI=1S/C23H19N3O2/c1-15-6-5-9-22(24-15)26-23(27)19-14-21(16-10-12-17(28-2)13-11-16)25-20-8-4-3-7-18(19)20/h3-14H,1-2H3,(H,24,26,27). The van der Waals surface area contributed by atoms with Gasteiger partial charge in [0.25, 0.3) is 5.91 Å². The fourth-order valence-electron chi connectivity index (χ4n) is 3.07. The van der Waals surface area contributed by atoms with Gasteiger partial charge in [0.05, 0.1) is 23.9 Å². The Balaban J connectivity index is 1.78. The van der Waals surface area contributed by atoms with Gasteiger partial charge in [-0.2, -0.15) is 0 Å². The molecular weight excluding hydrogens is 350 g/mol. The summed E-state index contributed by atoms with van der Waals surface area (Å²) in [5.41, 5.74) is 3.80. The molecule has 2 heterocycles. The van der Waals surface area contributed by atoms with Crippen molar-refractivity contribution in [1.29, 1.82) is 0 Å². The van der Waals surface area contributed by atoms with E-state index < -0.39 is 0 Å². The van der Waals surface area contributed by atoms with Crippen molar-refractivity contribution in [3.05, 3.63) is 84.1 Å². The SMILES string of the molecule is COc1ccc(-c2cc(C(=O)Nc3cccc(C)n3)c3ccccc3n2)cc1. The fraction of sp³-hybridized carbons (Fsp3) is 0.0870. The number of aryl methyl sites for hydroxylation is 1. The van der Waals surface area contributed by atoms with Gasteiger partial charge in [0.15, 0.2) is 0 Å². The molecule has 0 aliphatic heterocycles. The Labute approximate surface area is 163 Å². The van der Waals surface area contributed by atoms with Gasteiger partial charge >= 0.3 is 0 Å². The van der Waals surface area contributed by atoms with Crippen molar-refractivity contribution >= 4 is 22.6 Å². The summed E-state index contributed by atoms with van der Waals surface area (Å²) in [6, 6.07) is 22.6. The zero-order valence-electron chi connectivity index (χ0n) is 15.6. The molecule has 138 valence electrons. The topological polar surface area (TPSA) is 64.1 Å². The summed E-state index contributed by atoms with van der Waals surface area (Å²) < 4.78 is 5.22. The van der Waals surface area contributed by atoms with Gasteiger partial charge < -0.3 is 10.1 Å². The van der Waals surface area contributed by atoms with Gasteiger partial charge in [-0.25, -0.2) is 9.97 Å². The third-order valence-corrected chi connectivity index (χ3v) is 4.48. The fourth-order valence-corrected chi connectivity index (χ4v) is 3.07. The van der Waals surface area contributed by atoms with Crippen LogP contribution in [-0.2, 0) is 0 Å². The smallest absolute Gasteiger partial charge is 0.257 e. The zero-order valence-corrected chi connectivity index (χ0v) is 15.6. The Morgan fingerprint density at radius 1 is 0.929 bits per heavy atom. The van der Waals surface area contributed by atoms with E-state index in [9.17, 15) is 4.79 Å². The number of nitrogens with zero attached hydrogens (tertiary/aromatic N) is 2. The van der Waals surface area contributed by atoms with Crippen molar-refractivity contribution in [3.63, 3.8) is 0 Å². The summed E-state index contributed by atoms with van der Waals surface area (Å²) in [6.45, 7) is 1.89. The van der Waals surface area contributed by atoms with Crippen LogP contribution >= 0.6 is 0 Å². The Bertz CT molecular complexity index is 1150. The molecule has 2 aromatic heterocycles. The van der Waals surface area contributed by atoms with Crippen LogP contribution in [0.2, 0.25) is 0 Å². The molecule has 0 fully saturated rings. The van der Waals surface area contributed by atoms with Gasteiger partial charge in [-0.15, -0.1) is 0 Å². The van der Waals surface area contributed by atoms with Crippen molar-refractivity contribution in [3.8, 4) is 17.0 Å². The molecule has 0 saturated heterocycles. The second-order valence-electron chi connectivity index (χ2n) is 6.42. The number of carbonyl (C=O) groups is 1. The first-order valence-corrected chi connectivity index (χ1v) is 8.93. The van der Waals surface area contributed by atoms with Crippen molar-refractivity contribution in [2.45, 2.75) is 6.92 Å². The van der Waals surface area contributed by atoms with E-state index in [4.69, 9.17) is 9.72 Å². The first kappa shape index (κ1) is 17.7. The van der Waals surface area contributed by atoms with Gasteiger partial charge in [-0.05, 0) is 55.5 Å². The lowest BCUT2D eigenvalue weighted by Crippen LogP contribution is -2.14. The molecule has 0 bridgehead atoms. The zero-order chi connectivity index (χ0) is 19.5. The molecule has 0 radical (unpaired) electrons.